The van der Waals surface area contributed by atoms with E-state index in [1.165, 1.54) is 38.5 Å². The average Bonchev–Trinajstić information content (AvgIpc) is 2.97. The number of aromatic nitrogens is 2. The highest BCUT2D eigenvalue weighted by Gasteiger charge is 2.32. The zero-order valence-electron chi connectivity index (χ0n) is 13.7. The van der Waals surface area contributed by atoms with Crippen LogP contribution in [0.15, 0.2) is 4.52 Å². The quantitative estimate of drug-likeness (QED) is 0.899. The van der Waals surface area contributed by atoms with Crippen LogP contribution in [-0.2, 0) is 0 Å². The molecule has 0 bridgehead atoms. The molecule has 1 aromatic heterocycles. The first-order chi connectivity index (χ1) is 10.0. The van der Waals surface area contributed by atoms with Crippen molar-refractivity contribution in [1.29, 1.82) is 0 Å². The monoisotopic (exact) mass is 291 g/mol. The van der Waals surface area contributed by atoms with Crippen LogP contribution in [0.2, 0.25) is 0 Å². The molecule has 0 unspecified atom stereocenters. The van der Waals surface area contributed by atoms with Crippen LogP contribution in [0.3, 0.4) is 0 Å². The first-order valence-electron chi connectivity index (χ1n) is 8.58. The summed E-state index contributed by atoms with van der Waals surface area (Å²) in [6, 6.07) is 0. The fourth-order valence-electron chi connectivity index (χ4n) is 3.86. The predicted octanol–water partition coefficient (Wildman–Crippen LogP) is 3.86. The summed E-state index contributed by atoms with van der Waals surface area (Å²) >= 11 is 0. The number of hydrogen-bond donors (Lipinski definition) is 1. The molecule has 1 aromatic rings. The standard InChI is InChI=1S/C17H29N3O/c1-17(2,3)14-8-6-12(7-9-14)15-19-16(21-20-15)13-5-4-10-18-11-13/h12-14,18H,4-11H2,1-3H3/t12?,13-,14?/m0/s1. The first kappa shape index (κ1) is 15.0. The molecular weight excluding hydrogens is 262 g/mol. The van der Waals surface area contributed by atoms with E-state index in [0.29, 0.717) is 17.3 Å². The van der Waals surface area contributed by atoms with Crippen molar-refractivity contribution in [1.82, 2.24) is 15.5 Å². The smallest absolute Gasteiger partial charge is 0.231 e. The summed E-state index contributed by atoms with van der Waals surface area (Å²) in [6.45, 7) is 9.19. The zero-order chi connectivity index (χ0) is 14.9. The van der Waals surface area contributed by atoms with E-state index in [9.17, 15) is 0 Å². The van der Waals surface area contributed by atoms with E-state index >= 15 is 0 Å². The van der Waals surface area contributed by atoms with Crippen LogP contribution in [0.5, 0.6) is 0 Å². The molecule has 1 N–H and O–H groups in total. The fraction of sp³-hybridized carbons (Fsp3) is 0.882. The van der Waals surface area contributed by atoms with E-state index in [0.717, 1.165) is 30.7 Å². The molecule has 118 valence electrons. The Morgan fingerprint density at radius 2 is 1.81 bits per heavy atom. The summed E-state index contributed by atoms with van der Waals surface area (Å²) in [6.07, 6.45) is 7.39. The molecule has 0 aromatic carbocycles. The predicted molar refractivity (Wildman–Crippen MR) is 83.3 cm³/mol. The van der Waals surface area contributed by atoms with Crippen molar-refractivity contribution in [3.8, 4) is 0 Å². The maximum absolute atomic E-state index is 5.55. The lowest BCUT2D eigenvalue weighted by molar-refractivity contribution is 0.166. The number of nitrogens with one attached hydrogen (secondary N) is 1. The molecule has 1 saturated heterocycles. The molecule has 2 aliphatic rings. The van der Waals surface area contributed by atoms with Gasteiger partial charge in [0, 0.05) is 12.5 Å². The van der Waals surface area contributed by atoms with Gasteiger partial charge in [0.15, 0.2) is 5.82 Å². The third kappa shape index (κ3) is 3.47. The van der Waals surface area contributed by atoms with E-state index in [1.54, 1.807) is 0 Å². The van der Waals surface area contributed by atoms with Gasteiger partial charge in [-0.2, -0.15) is 4.98 Å². The summed E-state index contributed by atoms with van der Waals surface area (Å²) in [5.41, 5.74) is 0.432. The second-order valence-electron chi connectivity index (χ2n) is 7.95. The normalized spacial score (nSPS) is 31.3. The second kappa shape index (κ2) is 6.07. The van der Waals surface area contributed by atoms with E-state index in [1.807, 2.05) is 0 Å². The summed E-state index contributed by atoms with van der Waals surface area (Å²) in [5.74, 6) is 3.59. The molecule has 1 aliphatic carbocycles. The van der Waals surface area contributed by atoms with Crippen LogP contribution in [0, 0.1) is 11.3 Å². The SMILES string of the molecule is CC(C)(C)C1CCC(c2noc([C@H]3CCCNC3)n2)CC1. The third-order valence-corrected chi connectivity index (χ3v) is 5.42. The maximum Gasteiger partial charge on any atom is 0.231 e. The van der Waals surface area contributed by atoms with Crippen molar-refractivity contribution in [3.05, 3.63) is 11.7 Å². The van der Waals surface area contributed by atoms with Crippen molar-refractivity contribution < 1.29 is 4.52 Å². The van der Waals surface area contributed by atoms with Gasteiger partial charge in [0.2, 0.25) is 5.89 Å². The number of hydrogen-bond acceptors (Lipinski definition) is 4. The molecule has 0 spiro atoms. The Labute approximate surface area is 128 Å². The Bertz CT molecular complexity index is 449. The van der Waals surface area contributed by atoms with Gasteiger partial charge in [-0.25, -0.2) is 0 Å². The molecule has 1 saturated carbocycles. The Kier molecular flexibility index (Phi) is 4.34. The minimum atomic E-state index is 0.422. The Balaban J connectivity index is 1.60. The van der Waals surface area contributed by atoms with Crippen LogP contribution < -0.4 is 5.32 Å². The largest absolute Gasteiger partial charge is 0.339 e. The van der Waals surface area contributed by atoms with Gasteiger partial charge < -0.3 is 9.84 Å². The lowest BCUT2D eigenvalue weighted by atomic mass is 9.70. The van der Waals surface area contributed by atoms with Gasteiger partial charge in [-0.1, -0.05) is 25.9 Å². The molecule has 0 radical (unpaired) electrons. The van der Waals surface area contributed by atoms with Crippen molar-refractivity contribution in [2.24, 2.45) is 11.3 Å². The van der Waals surface area contributed by atoms with Crippen LogP contribution in [0.25, 0.3) is 0 Å². The molecule has 4 nitrogen and oxygen atoms in total. The van der Waals surface area contributed by atoms with Gasteiger partial charge in [-0.3, -0.25) is 0 Å². The number of piperidine rings is 1. The van der Waals surface area contributed by atoms with Crippen molar-refractivity contribution in [2.45, 2.75) is 71.1 Å². The highest BCUT2D eigenvalue weighted by molar-refractivity contribution is 5.02. The molecule has 2 fully saturated rings. The summed E-state index contributed by atoms with van der Waals surface area (Å²) in [5, 5.41) is 7.71. The van der Waals surface area contributed by atoms with E-state index < -0.39 is 0 Å². The molecule has 21 heavy (non-hydrogen) atoms. The van der Waals surface area contributed by atoms with Crippen LogP contribution >= 0.6 is 0 Å². The molecule has 2 heterocycles. The Morgan fingerprint density at radius 1 is 1.05 bits per heavy atom. The van der Waals surface area contributed by atoms with Crippen molar-refractivity contribution >= 4 is 0 Å². The van der Waals surface area contributed by atoms with Crippen molar-refractivity contribution in [2.75, 3.05) is 13.1 Å². The fourth-order valence-corrected chi connectivity index (χ4v) is 3.86. The summed E-state index contributed by atoms with van der Waals surface area (Å²) < 4.78 is 5.55. The summed E-state index contributed by atoms with van der Waals surface area (Å²) in [4.78, 5) is 4.73. The number of rotatable bonds is 2. The molecule has 1 atom stereocenters. The Hall–Kier alpha value is -0.900. The molecule has 4 heteroatoms. The lowest BCUT2D eigenvalue weighted by Gasteiger charge is -2.36. The van der Waals surface area contributed by atoms with Crippen LogP contribution in [0.1, 0.15) is 82.8 Å². The highest BCUT2D eigenvalue weighted by atomic mass is 16.5. The van der Waals surface area contributed by atoms with Gasteiger partial charge in [0.05, 0.1) is 5.92 Å². The molecule has 3 rings (SSSR count). The summed E-state index contributed by atoms with van der Waals surface area (Å²) in [7, 11) is 0. The zero-order valence-corrected chi connectivity index (χ0v) is 13.7. The van der Waals surface area contributed by atoms with Crippen LogP contribution in [0.4, 0.5) is 0 Å². The third-order valence-electron chi connectivity index (χ3n) is 5.42. The van der Waals surface area contributed by atoms with E-state index in [4.69, 9.17) is 9.51 Å². The van der Waals surface area contributed by atoms with Crippen molar-refractivity contribution in [3.63, 3.8) is 0 Å². The maximum atomic E-state index is 5.55. The lowest BCUT2D eigenvalue weighted by Crippen LogP contribution is -2.28. The van der Waals surface area contributed by atoms with E-state index in [-0.39, 0.29) is 0 Å². The second-order valence-corrected chi connectivity index (χ2v) is 7.95. The minimum Gasteiger partial charge on any atom is -0.339 e. The Morgan fingerprint density at radius 3 is 2.43 bits per heavy atom. The van der Waals surface area contributed by atoms with Gasteiger partial charge >= 0.3 is 0 Å². The number of nitrogens with zero attached hydrogens (tertiary/aromatic N) is 2. The average molecular weight is 291 g/mol. The van der Waals surface area contributed by atoms with Gasteiger partial charge in [-0.15, -0.1) is 0 Å². The minimum absolute atomic E-state index is 0.422. The van der Waals surface area contributed by atoms with Gasteiger partial charge in [0.25, 0.3) is 0 Å². The van der Waals surface area contributed by atoms with Crippen LogP contribution in [-0.4, -0.2) is 23.2 Å². The molecule has 1 aliphatic heterocycles. The van der Waals surface area contributed by atoms with Gasteiger partial charge in [0.1, 0.15) is 0 Å². The topological polar surface area (TPSA) is 51.0 Å². The molecule has 0 amide bonds. The highest BCUT2D eigenvalue weighted by Crippen LogP contribution is 2.42. The van der Waals surface area contributed by atoms with Gasteiger partial charge in [-0.05, 0) is 56.4 Å². The molecular formula is C17H29N3O. The first-order valence-corrected chi connectivity index (χ1v) is 8.58. The van der Waals surface area contributed by atoms with E-state index in [2.05, 4.69) is 31.2 Å².